The molecule has 0 saturated carbocycles. The maximum Gasteiger partial charge on any atom is 0.573 e. The molecule has 7 nitrogen and oxygen atoms in total. The lowest BCUT2D eigenvalue weighted by Gasteiger charge is -2.27. The Labute approximate surface area is 246 Å². The summed E-state index contributed by atoms with van der Waals surface area (Å²) in [6.45, 7) is 1.49. The van der Waals surface area contributed by atoms with Gasteiger partial charge in [0.05, 0.1) is 5.52 Å². The van der Waals surface area contributed by atoms with Crippen molar-refractivity contribution in [2.45, 2.75) is 32.2 Å². The molecule has 0 spiro atoms. The second-order valence-corrected chi connectivity index (χ2v) is 10.0. The second kappa shape index (κ2) is 12.2. The van der Waals surface area contributed by atoms with Crippen molar-refractivity contribution < 1.29 is 40.6 Å². The van der Waals surface area contributed by atoms with Crippen LogP contribution in [0.25, 0.3) is 17.0 Å². The van der Waals surface area contributed by atoms with E-state index in [-0.39, 0.29) is 17.4 Å². The third-order valence-electron chi connectivity index (χ3n) is 6.66. The van der Waals surface area contributed by atoms with Crippen molar-refractivity contribution in [1.29, 1.82) is 0 Å². The number of nitrogens with one attached hydrogen (secondary N) is 1. The minimum absolute atomic E-state index is 0.158. The standard InChI is InChI=1S/C29H23ClF6N4O3/c30-26-14-19(9-11-37-26)16-38-27(41)40-24-8-7-21(43-29(34,35)36)15-22(24)23-17-39(13-10-25(23)40)12-1-2-18-3-5-20(6-4-18)42-28(31,32)33/h1-9,11,14-15H,10,12-13,16-17H2,(H,38,41). The number of hydrogen-bond donors (Lipinski definition) is 1. The summed E-state index contributed by atoms with van der Waals surface area (Å²) in [7, 11) is 0. The highest BCUT2D eigenvalue weighted by Crippen LogP contribution is 2.35. The molecule has 5 rings (SSSR count). The lowest BCUT2D eigenvalue weighted by molar-refractivity contribution is -0.275. The zero-order valence-corrected chi connectivity index (χ0v) is 22.9. The molecule has 0 aliphatic carbocycles. The van der Waals surface area contributed by atoms with E-state index in [1.54, 1.807) is 18.2 Å². The van der Waals surface area contributed by atoms with Crippen molar-refractivity contribution >= 4 is 34.6 Å². The molecule has 0 atom stereocenters. The molecule has 4 aromatic rings. The first kappa shape index (κ1) is 30.2. The molecule has 43 heavy (non-hydrogen) atoms. The molecule has 0 unspecified atom stereocenters. The van der Waals surface area contributed by atoms with Gasteiger partial charge in [-0.2, -0.15) is 0 Å². The van der Waals surface area contributed by atoms with Crippen LogP contribution in [-0.2, 0) is 19.5 Å². The molecule has 0 saturated heterocycles. The van der Waals surface area contributed by atoms with Crippen LogP contribution in [0.2, 0.25) is 5.15 Å². The van der Waals surface area contributed by atoms with E-state index in [1.807, 2.05) is 11.0 Å². The van der Waals surface area contributed by atoms with Gasteiger partial charge in [0.2, 0.25) is 0 Å². The van der Waals surface area contributed by atoms with Gasteiger partial charge in [-0.3, -0.25) is 9.47 Å². The van der Waals surface area contributed by atoms with Crippen LogP contribution in [0.5, 0.6) is 11.5 Å². The molecule has 2 aromatic heterocycles. The Balaban J connectivity index is 1.36. The number of ether oxygens (including phenoxy) is 2. The third-order valence-corrected chi connectivity index (χ3v) is 6.86. The van der Waals surface area contributed by atoms with Crippen molar-refractivity contribution in [2.75, 3.05) is 13.1 Å². The highest BCUT2D eigenvalue weighted by Gasteiger charge is 2.33. The summed E-state index contributed by atoms with van der Waals surface area (Å²) in [5, 5.41) is 3.56. The van der Waals surface area contributed by atoms with Gasteiger partial charge in [-0.15, -0.1) is 26.3 Å². The lowest BCUT2D eigenvalue weighted by Crippen LogP contribution is -2.34. The number of halogens is 7. The number of alkyl halides is 6. The van der Waals surface area contributed by atoms with Gasteiger partial charge in [-0.05, 0) is 59.2 Å². The fourth-order valence-corrected chi connectivity index (χ4v) is 5.10. The maximum atomic E-state index is 13.4. The van der Waals surface area contributed by atoms with Gasteiger partial charge >= 0.3 is 18.8 Å². The molecule has 0 fully saturated rings. The fraction of sp³-hybridized carbons (Fsp3) is 0.241. The molecule has 226 valence electrons. The molecule has 3 heterocycles. The number of amides is 1. The van der Waals surface area contributed by atoms with Gasteiger partial charge in [0, 0.05) is 49.9 Å². The van der Waals surface area contributed by atoms with Gasteiger partial charge in [0.1, 0.15) is 16.7 Å². The predicted molar refractivity (Wildman–Crippen MR) is 147 cm³/mol. The van der Waals surface area contributed by atoms with E-state index in [2.05, 4.69) is 19.8 Å². The second-order valence-electron chi connectivity index (χ2n) is 9.64. The highest BCUT2D eigenvalue weighted by atomic mass is 35.5. The molecular formula is C29H23ClF6N4O3. The van der Waals surface area contributed by atoms with Crippen molar-refractivity contribution in [3.05, 3.63) is 94.4 Å². The largest absolute Gasteiger partial charge is 0.573 e. The van der Waals surface area contributed by atoms with E-state index in [1.165, 1.54) is 53.2 Å². The van der Waals surface area contributed by atoms with Crippen molar-refractivity contribution in [1.82, 2.24) is 19.8 Å². The number of carbonyl (C=O) groups is 1. The Morgan fingerprint density at radius 1 is 0.977 bits per heavy atom. The number of benzene rings is 2. The summed E-state index contributed by atoms with van der Waals surface area (Å²) in [6.07, 6.45) is -4.14. The molecular weight excluding hydrogens is 602 g/mol. The Morgan fingerprint density at radius 3 is 2.37 bits per heavy atom. The smallest absolute Gasteiger partial charge is 0.406 e. The van der Waals surface area contributed by atoms with Crippen LogP contribution in [0.15, 0.2) is 66.9 Å². The van der Waals surface area contributed by atoms with Crippen molar-refractivity contribution in [2.24, 2.45) is 0 Å². The van der Waals surface area contributed by atoms with E-state index in [4.69, 9.17) is 11.6 Å². The number of rotatable bonds is 7. The van der Waals surface area contributed by atoms with Crippen molar-refractivity contribution in [3.8, 4) is 11.5 Å². The summed E-state index contributed by atoms with van der Waals surface area (Å²) >= 11 is 5.93. The Morgan fingerprint density at radius 2 is 1.67 bits per heavy atom. The zero-order valence-electron chi connectivity index (χ0n) is 22.2. The van der Waals surface area contributed by atoms with E-state index < -0.39 is 24.5 Å². The zero-order chi connectivity index (χ0) is 30.8. The molecule has 2 aromatic carbocycles. The number of aromatic nitrogens is 2. The van der Waals surface area contributed by atoms with Gasteiger partial charge in [0.15, 0.2) is 0 Å². The molecule has 1 aliphatic heterocycles. The van der Waals surface area contributed by atoms with Gasteiger partial charge < -0.3 is 14.8 Å². The highest BCUT2D eigenvalue weighted by molar-refractivity contribution is 6.29. The first-order valence-corrected chi connectivity index (χ1v) is 13.3. The van der Waals surface area contributed by atoms with Crippen LogP contribution in [-0.4, -0.2) is 46.3 Å². The lowest BCUT2D eigenvalue weighted by atomic mass is 10.0. The van der Waals surface area contributed by atoms with Crippen LogP contribution < -0.4 is 14.8 Å². The molecule has 1 aliphatic rings. The van der Waals surface area contributed by atoms with Crippen LogP contribution in [0.3, 0.4) is 0 Å². The number of pyridine rings is 1. The monoisotopic (exact) mass is 624 g/mol. The normalized spacial score (nSPS) is 14.2. The SMILES string of the molecule is O=C(NCc1ccnc(Cl)c1)n1c2c(c3cc(OC(F)(F)F)ccc31)CN(CC=Cc1ccc(OC(F)(F)F)cc1)CC2. The minimum atomic E-state index is -4.88. The number of fused-ring (bicyclic) bond motifs is 3. The van der Waals surface area contributed by atoms with Crippen LogP contribution in [0.4, 0.5) is 31.1 Å². The Bertz CT molecular complexity index is 1650. The number of hydrogen-bond acceptors (Lipinski definition) is 5. The average molecular weight is 625 g/mol. The van der Waals surface area contributed by atoms with Gasteiger partial charge in [0.25, 0.3) is 0 Å². The molecule has 1 amide bonds. The number of nitrogens with zero attached hydrogens (tertiary/aromatic N) is 3. The molecule has 0 bridgehead atoms. The first-order valence-electron chi connectivity index (χ1n) is 12.9. The first-order chi connectivity index (χ1) is 20.3. The van der Waals surface area contributed by atoms with E-state index in [0.29, 0.717) is 53.8 Å². The van der Waals surface area contributed by atoms with Gasteiger partial charge in [-0.25, -0.2) is 9.78 Å². The molecule has 14 heteroatoms. The van der Waals surface area contributed by atoms with Crippen LogP contribution in [0, 0.1) is 0 Å². The van der Waals surface area contributed by atoms with E-state index in [9.17, 15) is 31.1 Å². The fourth-order valence-electron chi connectivity index (χ4n) is 4.91. The van der Waals surface area contributed by atoms with E-state index in [0.717, 1.165) is 5.56 Å². The summed E-state index contributed by atoms with van der Waals surface area (Å²) in [5.74, 6) is -0.728. The maximum absolute atomic E-state index is 13.4. The summed E-state index contributed by atoms with van der Waals surface area (Å²) < 4.78 is 85.5. The Hall–Kier alpha value is -4.23. The molecule has 1 N–H and O–H groups in total. The van der Waals surface area contributed by atoms with Gasteiger partial charge in [-0.1, -0.05) is 35.9 Å². The third kappa shape index (κ3) is 7.79. The van der Waals surface area contributed by atoms with Crippen molar-refractivity contribution in [3.63, 3.8) is 0 Å². The van der Waals surface area contributed by atoms with Crippen LogP contribution >= 0.6 is 11.6 Å². The number of carbonyl (C=O) groups excluding carboxylic acids is 1. The predicted octanol–water partition coefficient (Wildman–Crippen LogP) is 7.32. The average Bonchev–Trinajstić information content (AvgIpc) is 3.24. The minimum Gasteiger partial charge on any atom is -0.406 e. The summed E-state index contributed by atoms with van der Waals surface area (Å²) in [5.41, 5.74) is 3.18. The van der Waals surface area contributed by atoms with E-state index >= 15 is 0 Å². The Kier molecular flexibility index (Phi) is 8.56. The summed E-state index contributed by atoms with van der Waals surface area (Å²) in [6, 6.07) is 12.1. The quantitative estimate of drug-likeness (QED) is 0.172. The molecule has 0 radical (unpaired) electrons. The summed E-state index contributed by atoms with van der Waals surface area (Å²) in [4.78, 5) is 19.3. The topological polar surface area (TPSA) is 68.6 Å². The van der Waals surface area contributed by atoms with Crippen LogP contribution in [0.1, 0.15) is 22.4 Å².